The van der Waals surface area contributed by atoms with Gasteiger partial charge in [0.15, 0.2) is 0 Å². The van der Waals surface area contributed by atoms with E-state index in [1.54, 1.807) is 18.2 Å². The summed E-state index contributed by atoms with van der Waals surface area (Å²) < 4.78 is 26.9. The highest BCUT2D eigenvalue weighted by molar-refractivity contribution is 7.89. The molecule has 4 nitrogen and oxygen atoms in total. The number of nitrogens with one attached hydrogen (secondary N) is 2. The van der Waals surface area contributed by atoms with E-state index in [9.17, 15) is 8.42 Å². The highest BCUT2D eigenvalue weighted by Crippen LogP contribution is 2.12. The molecule has 1 atom stereocenters. The molecule has 6 heteroatoms. The van der Waals surface area contributed by atoms with E-state index >= 15 is 0 Å². The highest BCUT2D eigenvalue weighted by Gasteiger charge is 2.19. The highest BCUT2D eigenvalue weighted by atomic mass is 35.5. The van der Waals surface area contributed by atoms with Gasteiger partial charge >= 0.3 is 0 Å². The van der Waals surface area contributed by atoms with E-state index in [1.165, 1.54) is 0 Å². The van der Waals surface area contributed by atoms with Gasteiger partial charge in [-0.3, -0.25) is 0 Å². The Bertz CT molecular complexity index is 499. The average Bonchev–Trinajstić information content (AvgIpc) is 2.90. The van der Waals surface area contributed by atoms with Gasteiger partial charge in [-0.1, -0.05) is 19.1 Å². The lowest BCUT2D eigenvalue weighted by Gasteiger charge is -2.12. The maximum atomic E-state index is 12.1. The molecule has 1 fully saturated rings. The van der Waals surface area contributed by atoms with Crippen molar-refractivity contribution in [1.82, 2.24) is 10.0 Å². The predicted molar refractivity (Wildman–Crippen MR) is 79.3 cm³/mol. The molecule has 1 aromatic carbocycles. The van der Waals surface area contributed by atoms with Crippen molar-refractivity contribution in [1.29, 1.82) is 0 Å². The normalized spacial score (nSPS) is 19.1. The number of hydrogen-bond donors (Lipinski definition) is 2. The lowest BCUT2D eigenvalue weighted by molar-refractivity contribution is 0.551. The number of sulfonamides is 1. The van der Waals surface area contributed by atoms with Crippen LogP contribution in [-0.4, -0.2) is 27.5 Å². The Morgan fingerprint density at radius 1 is 1.42 bits per heavy atom. The number of rotatable bonds is 5. The fourth-order valence-electron chi connectivity index (χ4n) is 2.16. The Hall–Kier alpha value is -0.620. The maximum absolute atomic E-state index is 12.1. The van der Waals surface area contributed by atoms with Crippen LogP contribution in [0.1, 0.15) is 25.3 Å². The number of aryl methyl sites for hydroxylation is 1. The summed E-state index contributed by atoms with van der Waals surface area (Å²) in [6.07, 6.45) is 3.00. The van der Waals surface area contributed by atoms with Crippen molar-refractivity contribution < 1.29 is 8.42 Å². The Morgan fingerprint density at radius 2 is 2.21 bits per heavy atom. The van der Waals surface area contributed by atoms with Crippen LogP contribution in [0, 0.1) is 0 Å². The van der Waals surface area contributed by atoms with Gasteiger partial charge in [0.25, 0.3) is 0 Å². The quantitative estimate of drug-likeness (QED) is 0.870. The molecule has 0 amide bonds. The van der Waals surface area contributed by atoms with Crippen molar-refractivity contribution >= 4 is 22.4 Å². The Kier molecular flexibility index (Phi) is 6.26. The molecular weight excluding hydrogens is 284 g/mol. The first-order chi connectivity index (χ1) is 8.62. The summed E-state index contributed by atoms with van der Waals surface area (Å²) in [5.41, 5.74) is 1.04. The molecule has 0 radical (unpaired) electrons. The lowest BCUT2D eigenvalue weighted by atomic mass is 10.2. The minimum atomic E-state index is -3.37. The van der Waals surface area contributed by atoms with Crippen LogP contribution in [0.4, 0.5) is 0 Å². The molecule has 1 heterocycles. The molecule has 1 aliphatic heterocycles. The van der Waals surface area contributed by atoms with E-state index in [4.69, 9.17) is 0 Å². The average molecular weight is 305 g/mol. The van der Waals surface area contributed by atoms with Crippen LogP contribution in [0.3, 0.4) is 0 Å². The van der Waals surface area contributed by atoms with E-state index in [0.717, 1.165) is 31.4 Å². The van der Waals surface area contributed by atoms with Gasteiger partial charge in [-0.2, -0.15) is 0 Å². The van der Waals surface area contributed by atoms with Crippen molar-refractivity contribution in [3.63, 3.8) is 0 Å². The minimum Gasteiger partial charge on any atom is -0.313 e. The van der Waals surface area contributed by atoms with Crippen LogP contribution in [0.5, 0.6) is 0 Å². The maximum Gasteiger partial charge on any atom is 0.240 e. The first kappa shape index (κ1) is 16.4. The fraction of sp³-hybridized carbons (Fsp3) is 0.538. The summed E-state index contributed by atoms with van der Waals surface area (Å²) in [7, 11) is -3.37. The van der Waals surface area contributed by atoms with E-state index in [2.05, 4.69) is 10.0 Å². The summed E-state index contributed by atoms with van der Waals surface area (Å²) in [5.74, 6) is 0. The van der Waals surface area contributed by atoms with Crippen molar-refractivity contribution in [2.24, 2.45) is 0 Å². The Balaban J connectivity index is 0.00000180. The zero-order valence-electron chi connectivity index (χ0n) is 11.1. The largest absolute Gasteiger partial charge is 0.313 e. The van der Waals surface area contributed by atoms with Gasteiger partial charge in [-0.15, -0.1) is 12.4 Å². The third-order valence-corrected chi connectivity index (χ3v) is 4.72. The monoisotopic (exact) mass is 304 g/mol. The SMILES string of the molecule is CCc1cccc(S(=O)(=O)NCC2CCCN2)c1.Cl. The van der Waals surface area contributed by atoms with Crippen molar-refractivity contribution in [2.45, 2.75) is 37.1 Å². The first-order valence-electron chi connectivity index (χ1n) is 6.44. The van der Waals surface area contributed by atoms with E-state index in [-0.39, 0.29) is 18.4 Å². The zero-order valence-corrected chi connectivity index (χ0v) is 12.7. The van der Waals surface area contributed by atoms with Crippen LogP contribution in [-0.2, 0) is 16.4 Å². The Labute approximate surface area is 121 Å². The van der Waals surface area contributed by atoms with E-state index < -0.39 is 10.0 Å². The molecule has 0 saturated carbocycles. The molecule has 0 aromatic heterocycles. The standard InChI is InChI=1S/C13H20N2O2S.ClH/c1-2-11-5-3-7-13(9-11)18(16,17)15-10-12-6-4-8-14-12;/h3,5,7,9,12,14-15H,2,4,6,8,10H2,1H3;1H. The second kappa shape index (κ2) is 7.24. The van der Waals surface area contributed by atoms with Crippen LogP contribution >= 0.6 is 12.4 Å². The van der Waals surface area contributed by atoms with Crippen LogP contribution in [0.25, 0.3) is 0 Å². The van der Waals surface area contributed by atoms with E-state index in [0.29, 0.717) is 11.4 Å². The van der Waals surface area contributed by atoms with Crippen LogP contribution in [0.15, 0.2) is 29.2 Å². The van der Waals surface area contributed by atoms with Gasteiger partial charge in [0.05, 0.1) is 4.90 Å². The predicted octanol–water partition coefficient (Wildman–Crippen LogP) is 1.70. The van der Waals surface area contributed by atoms with E-state index in [1.807, 2.05) is 13.0 Å². The van der Waals surface area contributed by atoms with Gasteiger partial charge in [0.2, 0.25) is 10.0 Å². The van der Waals surface area contributed by atoms with Crippen molar-refractivity contribution in [3.8, 4) is 0 Å². The Morgan fingerprint density at radius 3 is 2.84 bits per heavy atom. The summed E-state index contributed by atoms with van der Waals surface area (Å²) in [5, 5.41) is 3.28. The number of benzene rings is 1. The molecular formula is C13H21ClN2O2S. The summed E-state index contributed by atoms with van der Waals surface area (Å²) in [6.45, 7) is 3.47. The molecule has 1 unspecified atom stereocenters. The second-order valence-electron chi connectivity index (χ2n) is 4.65. The molecule has 0 bridgehead atoms. The number of halogens is 1. The van der Waals surface area contributed by atoms with Gasteiger partial charge in [-0.05, 0) is 43.5 Å². The topological polar surface area (TPSA) is 58.2 Å². The van der Waals surface area contributed by atoms with Crippen LogP contribution in [0.2, 0.25) is 0 Å². The van der Waals surface area contributed by atoms with Gasteiger partial charge in [0.1, 0.15) is 0 Å². The molecule has 1 saturated heterocycles. The molecule has 2 rings (SSSR count). The number of hydrogen-bond acceptors (Lipinski definition) is 3. The molecule has 0 aliphatic carbocycles. The smallest absolute Gasteiger partial charge is 0.240 e. The molecule has 2 N–H and O–H groups in total. The molecule has 1 aromatic rings. The van der Waals surface area contributed by atoms with Gasteiger partial charge in [-0.25, -0.2) is 13.1 Å². The summed E-state index contributed by atoms with van der Waals surface area (Å²) >= 11 is 0. The molecule has 0 spiro atoms. The third-order valence-electron chi connectivity index (χ3n) is 3.30. The first-order valence-corrected chi connectivity index (χ1v) is 7.92. The third kappa shape index (κ3) is 4.45. The lowest BCUT2D eigenvalue weighted by Crippen LogP contribution is -2.37. The molecule has 108 valence electrons. The van der Waals surface area contributed by atoms with Crippen LogP contribution < -0.4 is 10.0 Å². The van der Waals surface area contributed by atoms with Crippen molar-refractivity contribution in [2.75, 3.05) is 13.1 Å². The minimum absolute atomic E-state index is 0. The summed E-state index contributed by atoms with van der Waals surface area (Å²) in [6, 6.07) is 7.39. The zero-order chi connectivity index (χ0) is 13.0. The second-order valence-corrected chi connectivity index (χ2v) is 6.41. The molecule has 1 aliphatic rings. The fourth-order valence-corrected chi connectivity index (χ4v) is 3.31. The van der Waals surface area contributed by atoms with Gasteiger partial charge in [0, 0.05) is 12.6 Å². The van der Waals surface area contributed by atoms with Crippen molar-refractivity contribution in [3.05, 3.63) is 29.8 Å². The molecule has 19 heavy (non-hydrogen) atoms. The van der Waals surface area contributed by atoms with Gasteiger partial charge < -0.3 is 5.32 Å². The summed E-state index contributed by atoms with van der Waals surface area (Å²) in [4.78, 5) is 0.361.